The molecule has 0 spiro atoms. The lowest BCUT2D eigenvalue weighted by Gasteiger charge is -2.41. The molecular weight excluding hydrogens is 366 g/mol. The molecule has 2 aromatic carbocycles. The molecule has 0 saturated carbocycles. The predicted molar refractivity (Wildman–Crippen MR) is 108 cm³/mol. The van der Waals surface area contributed by atoms with Crippen molar-refractivity contribution in [1.29, 1.82) is 0 Å². The fourth-order valence-corrected chi connectivity index (χ4v) is 5.47. The SMILES string of the molecule is COC(=O)c1c2c(cc3ccccc13)[C@H]1C=C[C@@H]2[C@@H]2C(=O)N(CC(C)C)C(=O)[C@@H]21. The number of amides is 2. The first-order chi connectivity index (χ1) is 13.9. The van der Waals surface area contributed by atoms with Gasteiger partial charge in [0.2, 0.25) is 11.8 Å². The molecule has 4 atom stereocenters. The average molecular weight is 389 g/mol. The predicted octanol–water partition coefficient (Wildman–Crippen LogP) is 3.63. The van der Waals surface area contributed by atoms with Crippen LogP contribution < -0.4 is 0 Å². The van der Waals surface area contributed by atoms with E-state index >= 15 is 0 Å². The van der Waals surface area contributed by atoms with Gasteiger partial charge >= 0.3 is 5.97 Å². The summed E-state index contributed by atoms with van der Waals surface area (Å²) in [5.74, 6) is -1.66. The number of benzene rings is 2. The summed E-state index contributed by atoms with van der Waals surface area (Å²) >= 11 is 0. The van der Waals surface area contributed by atoms with Crippen molar-refractivity contribution in [3.63, 3.8) is 0 Å². The summed E-state index contributed by atoms with van der Waals surface area (Å²) in [6.45, 7) is 4.45. The van der Waals surface area contributed by atoms with Crippen LogP contribution in [0, 0.1) is 17.8 Å². The zero-order valence-corrected chi connectivity index (χ0v) is 16.7. The van der Waals surface area contributed by atoms with Crippen LogP contribution in [0.15, 0.2) is 42.5 Å². The number of carbonyl (C=O) groups is 3. The fraction of sp³-hybridized carbons (Fsp3) is 0.375. The smallest absolute Gasteiger partial charge is 0.338 e. The van der Waals surface area contributed by atoms with Gasteiger partial charge in [0, 0.05) is 18.4 Å². The third-order valence-corrected chi connectivity index (χ3v) is 6.54. The minimum absolute atomic E-state index is 0.0773. The molecule has 5 heteroatoms. The topological polar surface area (TPSA) is 63.7 Å². The van der Waals surface area contributed by atoms with Gasteiger partial charge in [0.15, 0.2) is 0 Å². The molecule has 0 aromatic heterocycles. The summed E-state index contributed by atoms with van der Waals surface area (Å²) in [6, 6.07) is 9.80. The standard InChI is InChI=1S/C24H23NO4/c1-12(2)11-25-22(26)19-15-8-9-16(20(19)23(25)27)18-17(15)10-13-6-4-5-7-14(13)21(18)24(28)29-3/h4-10,12,15-16,19-20H,11H2,1-3H3/t15-,16+,19-,20+/m1/s1. The highest BCUT2D eigenvalue weighted by Gasteiger charge is 2.59. The van der Waals surface area contributed by atoms with Crippen LogP contribution >= 0.6 is 0 Å². The second kappa shape index (κ2) is 6.28. The maximum atomic E-state index is 13.3. The van der Waals surface area contributed by atoms with Gasteiger partial charge in [-0.2, -0.15) is 0 Å². The molecular formula is C24H23NO4. The number of hydrogen-bond acceptors (Lipinski definition) is 4. The molecule has 0 N–H and O–H groups in total. The normalized spacial score (nSPS) is 27.0. The van der Waals surface area contributed by atoms with Gasteiger partial charge in [0.25, 0.3) is 0 Å². The Morgan fingerprint density at radius 1 is 1.07 bits per heavy atom. The lowest BCUT2D eigenvalue weighted by atomic mass is 9.59. The third kappa shape index (κ3) is 2.36. The van der Waals surface area contributed by atoms with E-state index < -0.39 is 11.9 Å². The molecule has 148 valence electrons. The molecule has 1 saturated heterocycles. The van der Waals surface area contributed by atoms with E-state index in [1.807, 2.05) is 50.3 Å². The number of allylic oxidation sites excluding steroid dienone is 2. The number of hydrogen-bond donors (Lipinski definition) is 0. The molecule has 6 rings (SSSR count). The Labute approximate surface area is 169 Å². The first kappa shape index (κ1) is 18.1. The second-order valence-corrected chi connectivity index (χ2v) is 8.64. The van der Waals surface area contributed by atoms with Crippen LogP contribution in [0.2, 0.25) is 0 Å². The van der Waals surface area contributed by atoms with Crippen molar-refractivity contribution < 1.29 is 19.1 Å². The number of likely N-dealkylation sites (tertiary alicyclic amines) is 1. The Kier molecular flexibility index (Phi) is 3.92. The number of esters is 1. The number of ether oxygens (including phenoxy) is 1. The van der Waals surface area contributed by atoms with E-state index in [4.69, 9.17) is 4.74 Å². The molecule has 29 heavy (non-hydrogen) atoms. The van der Waals surface area contributed by atoms with E-state index in [0.717, 1.165) is 21.9 Å². The van der Waals surface area contributed by atoms with Crippen LogP contribution in [-0.2, 0) is 14.3 Å². The van der Waals surface area contributed by atoms with Crippen LogP contribution in [0.25, 0.3) is 10.8 Å². The maximum Gasteiger partial charge on any atom is 0.338 e. The van der Waals surface area contributed by atoms with Crippen LogP contribution in [0.4, 0.5) is 0 Å². The largest absolute Gasteiger partial charge is 0.465 e. The summed E-state index contributed by atoms with van der Waals surface area (Å²) in [5.41, 5.74) is 2.36. The second-order valence-electron chi connectivity index (χ2n) is 8.64. The quantitative estimate of drug-likeness (QED) is 0.457. The highest BCUT2D eigenvalue weighted by molar-refractivity contribution is 6.10. The van der Waals surface area contributed by atoms with Gasteiger partial charge in [-0.05, 0) is 27.8 Å². The van der Waals surface area contributed by atoms with Crippen molar-refractivity contribution in [1.82, 2.24) is 4.90 Å². The molecule has 2 aromatic rings. The van der Waals surface area contributed by atoms with Gasteiger partial charge in [-0.1, -0.05) is 56.3 Å². The van der Waals surface area contributed by atoms with Gasteiger partial charge in [0.05, 0.1) is 24.5 Å². The Hall–Kier alpha value is -2.95. The van der Waals surface area contributed by atoms with Crippen molar-refractivity contribution in [2.24, 2.45) is 17.8 Å². The molecule has 2 bridgehead atoms. The zero-order valence-electron chi connectivity index (χ0n) is 16.7. The first-order valence-corrected chi connectivity index (χ1v) is 10.1. The third-order valence-electron chi connectivity index (χ3n) is 6.54. The number of rotatable bonds is 3. The summed E-state index contributed by atoms with van der Waals surface area (Å²) in [4.78, 5) is 40.7. The molecule has 1 aliphatic heterocycles. The van der Waals surface area contributed by atoms with Gasteiger partial charge in [-0.25, -0.2) is 4.79 Å². The lowest BCUT2D eigenvalue weighted by molar-refractivity contribution is -0.140. The number of imide groups is 1. The van der Waals surface area contributed by atoms with Crippen molar-refractivity contribution in [3.8, 4) is 0 Å². The van der Waals surface area contributed by atoms with E-state index in [0.29, 0.717) is 12.1 Å². The van der Waals surface area contributed by atoms with Crippen molar-refractivity contribution in [2.45, 2.75) is 25.7 Å². The Bertz CT molecular complexity index is 1100. The average Bonchev–Trinajstić information content (AvgIpc) is 2.97. The lowest BCUT2D eigenvalue weighted by Crippen LogP contribution is -2.38. The van der Waals surface area contributed by atoms with E-state index in [1.54, 1.807) is 0 Å². The van der Waals surface area contributed by atoms with Crippen LogP contribution in [-0.4, -0.2) is 36.3 Å². The molecule has 1 fully saturated rings. The number of methoxy groups -OCH3 is 1. The summed E-state index contributed by atoms with van der Waals surface area (Å²) in [7, 11) is 1.38. The summed E-state index contributed by atoms with van der Waals surface area (Å²) in [6.07, 6.45) is 4.06. The molecule has 0 radical (unpaired) electrons. The van der Waals surface area contributed by atoms with E-state index in [1.165, 1.54) is 12.0 Å². The highest BCUT2D eigenvalue weighted by Crippen LogP contribution is 2.57. The van der Waals surface area contributed by atoms with Gasteiger partial charge < -0.3 is 4.74 Å². The van der Waals surface area contributed by atoms with Gasteiger partial charge in [-0.15, -0.1) is 0 Å². The van der Waals surface area contributed by atoms with Crippen molar-refractivity contribution in [3.05, 3.63) is 59.2 Å². The van der Waals surface area contributed by atoms with E-state index in [-0.39, 0.29) is 35.5 Å². The monoisotopic (exact) mass is 389 g/mol. The molecule has 2 amide bonds. The Morgan fingerprint density at radius 2 is 1.72 bits per heavy atom. The summed E-state index contributed by atoms with van der Waals surface area (Å²) in [5, 5.41) is 1.77. The molecule has 5 nitrogen and oxygen atoms in total. The molecule has 4 aliphatic rings. The maximum absolute atomic E-state index is 13.3. The van der Waals surface area contributed by atoms with Crippen LogP contribution in [0.3, 0.4) is 0 Å². The number of carbonyl (C=O) groups excluding carboxylic acids is 3. The Morgan fingerprint density at radius 3 is 2.41 bits per heavy atom. The van der Waals surface area contributed by atoms with Gasteiger partial charge in [0.1, 0.15) is 0 Å². The van der Waals surface area contributed by atoms with Crippen molar-refractivity contribution >= 4 is 28.6 Å². The highest BCUT2D eigenvalue weighted by atomic mass is 16.5. The van der Waals surface area contributed by atoms with Crippen LogP contribution in [0.5, 0.6) is 0 Å². The Balaban J connectivity index is 1.74. The van der Waals surface area contributed by atoms with Gasteiger partial charge in [-0.3, -0.25) is 14.5 Å². The zero-order chi connectivity index (χ0) is 20.4. The van der Waals surface area contributed by atoms with E-state index in [2.05, 4.69) is 6.07 Å². The van der Waals surface area contributed by atoms with E-state index in [9.17, 15) is 14.4 Å². The first-order valence-electron chi connectivity index (χ1n) is 10.1. The minimum atomic E-state index is -0.437. The molecule has 0 unspecified atom stereocenters. The van der Waals surface area contributed by atoms with Crippen LogP contribution in [0.1, 0.15) is 47.2 Å². The number of nitrogens with zero attached hydrogens (tertiary/aromatic N) is 1. The van der Waals surface area contributed by atoms with Crippen molar-refractivity contribution in [2.75, 3.05) is 13.7 Å². The minimum Gasteiger partial charge on any atom is -0.465 e. The fourth-order valence-electron chi connectivity index (χ4n) is 5.47. The molecule has 1 heterocycles. The number of fused-ring (bicyclic) bond motifs is 1. The summed E-state index contributed by atoms with van der Waals surface area (Å²) < 4.78 is 5.13. The molecule has 3 aliphatic carbocycles.